The van der Waals surface area contributed by atoms with Gasteiger partial charge < -0.3 is 19.1 Å². The zero-order valence-corrected chi connectivity index (χ0v) is 16.3. The number of hydrogen-bond acceptors (Lipinski definition) is 5. The van der Waals surface area contributed by atoms with E-state index < -0.39 is 6.10 Å². The molecule has 0 unspecified atom stereocenters. The van der Waals surface area contributed by atoms with Crippen molar-refractivity contribution in [3.8, 4) is 5.75 Å². The van der Waals surface area contributed by atoms with Crippen LogP contribution in [0.3, 0.4) is 0 Å². The maximum atomic E-state index is 13.2. The molecule has 0 radical (unpaired) electrons. The number of nitrogens with zero attached hydrogens (tertiary/aromatic N) is 3. The Morgan fingerprint density at radius 2 is 1.89 bits per heavy atom. The second-order valence-electron chi connectivity index (χ2n) is 7.44. The van der Waals surface area contributed by atoms with Gasteiger partial charge in [0.25, 0.3) is 5.91 Å². The van der Waals surface area contributed by atoms with E-state index in [0.29, 0.717) is 22.9 Å². The van der Waals surface area contributed by atoms with Crippen molar-refractivity contribution in [2.24, 2.45) is 0 Å². The number of amides is 2. The second kappa shape index (κ2) is 7.66. The fourth-order valence-electron chi connectivity index (χ4n) is 3.92. The van der Waals surface area contributed by atoms with E-state index in [9.17, 15) is 9.59 Å². The predicted octanol–water partition coefficient (Wildman–Crippen LogP) is 2.64. The lowest BCUT2D eigenvalue weighted by atomic mass is 10.1. The second-order valence-corrected chi connectivity index (χ2v) is 7.44. The quantitative estimate of drug-likeness (QED) is 0.814. The summed E-state index contributed by atoms with van der Waals surface area (Å²) in [4.78, 5) is 29.7. The van der Waals surface area contributed by atoms with Crippen molar-refractivity contribution in [1.82, 2.24) is 10.1 Å². The predicted molar refractivity (Wildman–Crippen MR) is 103 cm³/mol. The average molecular weight is 383 g/mol. The lowest BCUT2D eigenvalue weighted by Gasteiger charge is -2.37. The van der Waals surface area contributed by atoms with Gasteiger partial charge in [-0.25, -0.2) is 0 Å². The average Bonchev–Trinajstić information content (AvgIpc) is 3.05. The van der Waals surface area contributed by atoms with Crippen molar-refractivity contribution in [2.75, 3.05) is 24.5 Å². The van der Waals surface area contributed by atoms with Gasteiger partial charge in [0.15, 0.2) is 6.10 Å². The molecule has 1 aromatic carbocycles. The summed E-state index contributed by atoms with van der Waals surface area (Å²) in [6.45, 7) is 5.36. The first kappa shape index (κ1) is 18.5. The Labute approximate surface area is 164 Å². The Morgan fingerprint density at radius 1 is 1.14 bits per heavy atom. The van der Waals surface area contributed by atoms with Gasteiger partial charge in [0.05, 0.1) is 24.3 Å². The molecule has 0 N–H and O–H groups in total. The van der Waals surface area contributed by atoms with E-state index >= 15 is 0 Å². The van der Waals surface area contributed by atoms with Crippen molar-refractivity contribution < 1.29 is 18.8 Å². The van der Waals surface area contributed by atoms with Crippen LogP contribution in [0.4, 0.5) is 5.69 Å². The molecule has 0 saturated carbocycles. The molecule has 1 aromatic heterocycles. The number of fused-ring (bicyclic) bond motifs is 1. The summed E-state index contributed by atoms with van der Waals surface area (Å²) in [6.07, 6.45) is 2.69. The van der Waals surface area contributed by atoms with Crippen LogP contribution in [0.1, 0.15) is 36.3 Å². The number of hydrogen-bond donors (Lipinski definition) is 0. The monoisotopic (exact) mass is 383 g/mol. The highest BCUT2D eigenvalue weighted by atomic mass is 16.5. The van der Waals surface area contributed by atoms with Gasteiger partial charge in [-0.15, -0.1) is 0 Å². The zero-order chi connectivity index (χ0) is 19.7. The number of aryl methyl sites for hydroxylation is 2. The van der Waals surface area contributed by atoms with E-state index in [1.807, 2.05) is 30.0 Å². The minimum Gasteiger partial charge on any atom is -0.476 e. The molecular weight excluding hydrogens is 358 g/mol. The molecule has 0 spiro atoms. The van der Waals surface area contributed by atoms with Gasteiger partial charge in [-0.1, -0.05) is 17.3 Å². The molecule has 7 heteroatoms. The molecule has 4 rings (SSSR count). The third-order valence-electron chi connectivity index (χ3n) is 5.53. The highest BCUT2D eigenvalue weighted by Crippen LogP contribution is 2.34. The van der Waals surface area contributed by atoms with Crippen molar-refractivity contribution in [3.63, 3.8) is 0 Å². The van der Waals surface area contributed by atoms with Crippen molar-refractivity contribution in [2.45, 2.75) is 45.6 Å². The fourth-order valence-corrected chi connectivity index (χ4v) is 3.92. The summed E-state index contributed by atoms with van der Waals surface area (Å²) < 4.78 is 11.2. The van der Waals surface area contributed by atoms with Crippen molar-refractivity contribution in [3.05, 3.63) is 41.3 Å². The van der Waals surface area contributed by atoms with Crippen LogP contribution in [-0.2, 0) is 16.0 Å². The molecule has 7 nitrogen and oxygen atoms in total. The van der Waals surface area contributed by atoms with Crippen LogP contribution in [0.2, 0.25) is 0 Å². The Kier molecular flexibility index (Phi) is 5.07. The van der Waals surface area contributed by atoms with E-state index in [1.165, 1.54) is 0 Å². The van der Waals surface area contributed by atoms with E-state index in [0.717, 1.165) is 37.9 Å². The number of aromatic nitrogens is 1. The lowest BCUT2D eigenvalue weighted by molar-refractivity contribution is -0.139. The van der Waals surface area contributed by atoms with Crippen LogP contribution in [0, 0.1) is 13.8 Å². The summed E-state index contributed by atoms with van der Waals surface area (Å²) in [5.41, 5.74) is 2.21. The molecule has 2 aliphatic heterocycles. The van der Waals surface area contributed by atoms with E-state index in [1.54, 1.807) is 17.9 Å². The summed E-state index contributed by atoms with van der Waals surface area (Å²) in [5.74, 6) is 1.08. The van der Waals surface area contributed by atoms with Gasteiger partial charge in [0, 0.05) is 18.7 Å². The van der Waals surface area contributed by atoms with Crippen LogP contribution < -0.4 is 9.64 Å². The van der Waals surface area contributed by atoms with Gasteiger partial charge in [-0.05, 0) is 45.2 Å². The number of para-hydroxylation sites is 2. The minimum atomic E-state index is -0.679. The van der Waals surface area contributed by atoms with Gasteiger partial charge in [0.1, 0.15) is 11.5 Å². The smallest absolute Gasteiger partial charge is 0.265 e. The minimum absolute atomic E-state index is 0.0376. The van der Waals surface area contributed by atoms with E-state index in [2.05, 4.69) is 5.16 Å². The SMILES string of the molecule is Cc1noc(C)c1CC(=O)N1C[C@@H](C(=O)N2CCCCC2)Oc2ccccc21. The number of carbonyl (C=O) groups is 2. The lowest BCUT2D eigenvalue weighted by Crippen LogP contribution is -2.53. The van der Waals surface area contributed by atoms with Gasteiger partial charge in [-0.2, -0.15) is 0 Å². The highest BCUT2D eigenvalue weighted by Gasteiger charge is 2.36. The zero-order valence-electron chi connectivity index (χ0n) is 16.3. The molecule has 2 aliphatic rings. The summed E-state index contributed by atoms with van der Waals surface area (Å²) in [5, 5.41) is 3.93. The Hall–Kier alpha value is -2.83. The molecule has 2 aromatic rings. The van der Waals surface area contributed by atoms with Crippen LogP contribution in [0.15, 0.2) is 28.8 Å². The number of carbonyl (C=O) groups excluding carboxylic acids is 2. The molecule has 0 aliphatic carbocycles. The topological polar surface area (TPSA) is 75.9 Å². The first-order valence-electron chi connectivity index (χ1n) is 9.81. The Balaban J connectivity index is 1.58. The maximum absolute atomic E-state index is 13.2. The summed E-state index contributed by atoms with van der Waals surface area (Å²) in [6, 6.07) is 7.37. The number of benzene rings is 1. The van der Waals surface area contributed by atoms with E-state index in [4.69, 9.17) is 9.26 Å². The molecule has 0 bridgehead atoms. The van der Waals surface area contributed by atoms with Crippen molar-refractivity contribution in [1.29, 1.82) is 0 Å². The van der Waals surface area contributed by atoms with Gasteiger partial charge in [0.2, 0.25) is 5.91 Å². The molecule has 1 saturated heterocycles. The van der Waals surface area contributed by atoms with Crippen molar-refractivity contribution >= 4 is 17.5 Å². The van der Waals surface area contributed by atoms with Crippen LogP contribution in [0.25, 0.3) is 0 Å². The molecule has 1 fully saturated rings. The first-order chi connectivity index (χ1) is 13.5. The number of likely N-dealkylation sites (tertiary alicyclic amines) is 1. The number of ether oxygens (including phenoxy) is 1. The number of rotatable bonds is 3. The summed E-state index contributed by atoms with van der Waals surface area (Å²) >= 11 is 0. The molecule has 2 amide bonds. The maximum Gasteiger partial charge on any atom is 0.265 e. The molecular formula is C21H25N3O4. The summed E-state index contributed by atoms with van der Waals surface area (Å²) in [7, 11) is 0. The Morgan fingerprint density at radius 3 is 2.61 bits per heavy atom. The third kappa shape index (κ3) is 3.48. The third-order valence-corrected chi connectivity index (χ3v) is 5.53. The fraction of sp³-hybridized carbons (Fsp3) is 0.476. The standard InChI is InChI=1S/C21H25N3O4/c1-14-16(15(2)28-22-14)12-20(25)24-13-19(21(26)23-10-6-3-7-11-23)27-18-9-5-4-8-17(18)24/h4-5,8-9,19H,3,6-7,10-13H2,1-2H3/t19-/m0/s1. The molecule has 1 atom stereocenters. The Bertz CT molecular complexity index is 866. The molecule has 3 heterocycles. The first-order valence-corrected chi connectivity index (χ1v) is 9.81. The van der Waals surface area contributed by atoms with Crippen LogP contribution in [-0.4, -0.2) is 47.6 Å². The van der Waals surface area contributed by atoms with Gasteiger partial charge >= 0.3 is 0 Å². The number of piperidine rings is 1. The van der Waals surface area contributed by atoms with Crippen LogP contribution in [0.5, 0.6) is 5.75 Å². The largest absolute Gasteiger partial charge is 0.476 e. The molecule has 148 valence electrons. The molecule has 28 heavy (non-hydrogen) atoms. The number of anilines is 1. The normalized spacial score (nSPS) is 19.1. The van der Waals surface area contributed by atoms with E-state index in [-0.39, 0.29) is 24.8 Å². The highest BCUT2D eigenvalue weighted by molar-refractivity contribution is 5.98. The van der Waals surface area contributed by atoms with Crippen LogP contribution >= 0.6 is 0 Å². The van der Waals surface area contributed by atoms with Gasteiger partial charge in [-0.3, -0.25) is 9.59 Å².